The Morgan fingerprint density at radius 1 is 0.613 bits per heavy atom. The van der Waals surface area contributed by atoms with Crippen LogP contribution in [0, 0.1) is 65.0 Å². The van der Waals surface area contributed by atoms with E-state index in [0.717, 1.165) is 66.5 Å². The van der Waals surface area contributed by atoms with Gasteiger partial charge in [0, 0.05) is 66.5 Å². The number of esters is 2. The molecule has 6 aromatic rings. The van der Waals surface area contributed by atoms with Crippen molar-refractivity contribution in [3.8, 4) is 22.3 Å². The topological polar surface area (TPSA) is 215 Å². The van der Waals surface area contributed by atoms with Crippen molar-refractivity contribution in [3.63, 3.8) is 0 Å². The molecule has 75 heavy (non-hydrogen) atoms. The van der Waals surface area contributed by atoms with Gasteiger partial charge in [-0.2, -0.15) is 0 Å². The SMILES string of the molecule is COC(=O)C[C@H](N)c1cncc(-c2c(C)cccc2C)c1.COC(=O)C[C@H](NC(=O)C(CC(C)C)n1cc(F)c(C)cc1=O)c1cncc(-c2c(C)cccc2C)c1.Cc1cc(=O)n(C(CC(C)C)C(=O)O)cc1F. The molecule has 6 rings (SSSR count). The van der Waals surface area contributed by atoms with E-state index >= 15 is 0 Å². The van der Waals surface area contributed by atoms with Gasteiger partial charge in [0.1, 0.15) is 23.7 Å². The second kappa shape index (κ2) is 27.6. The number of aromatic nitrogens is 4. The maximum atomic E-state index is 14.4. The summed E-state index contributed by atoms with van der Waals surface area (Å²) in [4.78, 5) is 81.3. The number of aryl methyl sites for hydroxylation is 6. The summed E-state index contributed by atoms with van der Waals surface area (Å²) in [5.74, 6) is -3.44. The minimum atomic E-state index is -1.12. The van der Waals surface area contributed by atoms with Crippen LogP contribution in [0.5, 0.6) is 0 Å². The second-order valence-corrected chi connectivity index (χ2v) is 19.5. The van der Waals surface area contributed by atoms with Gasteiger partial charge in [-0.3, -0.25) is 38.5 Å². The smallest absolute Gasteiger partial charge is 0.326 e. The Bertz CT molecular complexity index is 3060. The molecule has 0 aliphatic heterocycles. The van der Waals surface area contributed by atoms with E-state index in [9.17, 15) is 37.5 Å². The minimum Gasteiger partial charge on any atom is -0.480 e. The number of ether oxygens (including phenoxy) is 2. The van der Waals surface area contributed by atoms with Gasteiger partial charge in [0.05, 0.1) is 33.1 Å². The first-order valence-corrected chi connectivity index (χ1v) is 24.6. The molecule has 4 heterocycles. The molecule has 0 fully saturated rings. The maximum Gasteiger partial charge on any atom is 0.326 e. The molecule has 0 saturated carbocycles. The Morgan fingerprint density at radius 2 is 1.01 bits per heavy atom. The molecule has 0 spiro atoms. The molecule has 15 nitrogen and oxygen atoms in total. The fourth-order valence-corrected chi connectivity index (χ4v) is 8.57. The molecule has 1 amide bonds. The van der Waals surface area contributed by atoms with Crippen LogP contribution in [-0.4, -0.2) is 62.2 Å². The van der Waals surface area contributed by atoms with Crippen LogP contribution in [0.3, 0.4) is 0 Å². The van der Waals surface area contributed by atoms with Gasteiger partial charge in [0.2, 0.25) is 5.91 Å². The monoisotopic (exact) mass is 1030 g/mol. The lowest BCUT2D eigenvalue weighted by Crippen LogP contribution is -2.40. The molecule has 4 aromatic heterocycles. The number of nitrogens with one attached hydrogen (secondary N) is 1. The van der Waals surface area contributed by atoms with Gasteiger partial charge in [-0.1, -0.05) is 64.1 Å². The highest BCUT2D eigenvalue weighted by Gasteiger charge is 2.29. The molecule has 0 aliphatic rings. The third-order valence-electron chi connectivity index (χ3n) is 12.5. The first-order valence-electron chi connectivity index (χ1n) is 24.6. The average molecular weight is 1030 g/mol. The van der Waals surface area contributed by atoms with Crippen LogP contribution in [0.15, 0.2) is 107 Å². The summed E-state index contributed by atoms with van der Waals surface area (Å²) in [5.41, 5.74) is 15.6. The highest BCUT2D eigenvalue weighted by molar-refractivity contribution is 5.82. The van der Waals surface area contributed by atoms with Gasteiger partial charge in [-0.15, -0.1) is 0 Å². The number of methoxy groups -OCH3 is 2. The molecule has 2 aromatic carbocycles. The number of hydrogen-bond acceptors (Lipinski definition) is 11. The Balaban J connectivity index is 0.000000269. The molecule has 400 valence electrons. The standard InChI is InChI=1S/C29H34FN3O4.C17H20N2O2.C12H16FNO3/c1-17(2)10-25(33-16-23(30)20(5)11-26(33)34)29(36)32-24(13-27(35)37-6)21-12-22(15-31-14-21)28-18(3)8-7-9-19(28)4;1-11-5-4-6-12(2)17(11)14-7-13(9-19-10-14)15(18)8-16(20)21-3;1-7(2)4-10(12(16)17)14-6-9(13)8(3)5-11(14)15/h7-9,11-12,14-17,24-25H,10,13H2,1-6H3,(H,32,36);4-7,9-10,15H,8,18H2,1-3H3;5-7,10H,4H2,1-3H3,(H,16,17)/t24-,25?;15-;/m00./s1. The number of carboxylic acid groups (broad SMARTS) is 1. The van der Waals surface area contributed by atoms with Crippen molar-refractivity contribution in [1.29, 1.82) is 0 Å². The van der Waals surface area contributed by atoms with Crippen LogP contribution >= 0.6 is 0 Å². The number of aliphatic carboxylic acids is 1. The summed E-state index contributed by atoms with van der Waals surface area (Å²) in [6.07, 6.45) is 9.51. The van der Waals surface area contributed by atoms with E-state index < -0.39 is 64.8 Å². The van der Waals surface area contributed by atoms with Gasteiger partial charge < -0.3 is 30.2 Å². The van der Waals surface area contributed by atoms with E-state index in [1.54, 1.807) is 18.6 Å². The number of rotatable bonds is 17. The number of halogens is 2. The molecule has 17 heteroatoms. The van der Waals surface area contributed by atoms with Gasteiger partial charge in [0.15, 0.2) is 0 Å². The molecule has 0 bridgehead atoms. The van der Waals surface area contributed by atoms with E-state index in [-0.39, 0.29) is 48.2 Å². The number of pyridine rings is 4. The highest BCUT2D eigenvalue weighted by atomic mass is 19.1. The minimum absolute atomic E-state index is 0.0418. The zero-order valence-corrected chi connectivity index (χ0v) is 44.9. The van der Waals surface area contributed by atoms with Gasteiger partial charge in [-0.05, 0) is 134 Å². The lowest BCUT2D eigenvalue weighted by atomic mass is 9.94. The Labute approximate surface area is 437 Å². The Morgan fingerprint density at radius 3 is 1.44 bits per heavy atom. The van der Waals surface area contributed by atoms with Crippen molar-refractivity contribution in [2.75, 3.05) is 14.2 Å². The molecule has 4 atom stereocenters. The van der Waals surface area contributed by atoms with Crippen molar-refractivity contribution in [1.82, 2.24) is 24.4 Å². The van der Waals surface area contributed by atoms with Crippen LogP contribution in [0.25, 0.3) is 22.3 Å². The van der Waals surface area contributed by atoms with Gasteiger partial charge in [0.25, 0.3) is 11.1 Å². The molecular weight excluding hydrogens is 963 g/mol. The van der Waals surface area contributed by atoms with Crippen molar-refractivity contribution in [2.45, 2.75) is 119 Å². The summed E-state index contributed by atoms with van der Waals surface area (Å²) in [7, 11) is 2.64. The van der Waals surface area contributed by atoms with Crippen LogP contribution in [0.2, 0.25) is 0 Å². The van der Waals surface area contributed by atoms with E-state index in [1.165, 1.54) is 45.3 Å². The largest absolute Gasteiger partial charge is 0.480 e. The number of carbonyl (C=O) groups is 4. The molecule has 0 aliphatic carbocycles. The molecule has 0 saturated heterocycles. The molecule has 2 unspecified atom stereocenters. The summed E-state index contributed by atoms with van der Waals surface area (Å²) in [5, 5.41) is 12.0. The van der Waals surface area contributed by atoms with Crippen LogP contribution < -0.4 is 22.2 Å². The van der Waals surface area contributed by atoms with Gasteiger partial charge >= 0.3 is 17.9 Å². The van der Waals surface area contributed by atoms with E-state index in [0.29, 0.717) is 12.0 Å². The van der Waals surface area contributed by atoms with Gasteiger partial charge in [-0.25, -0.2) is 13.6 Å². The predicted molar refractivity (Wildman–Crippen MR) is 285 cm³/mol. The third-order valence-corrected chi connectivity index (χ3v) is 12.5. The number of nitrogens with two attached hydrogens (primary N) is 1. The van der Waals surface area contributed by atoms with E-state index in [4.69, 9.17) is 15.6 Å². The number of benzene rings is 2. The quantitative estimate of drug-likeness (QED) is 0.0728. The molecule has 0 radical (unpaired) electrons. The average Bonchev–Trinajstić information content (AvgIpc) is 3.35. The Hall–Kier alpha value is -7.66. The molecule has 4 N–H and O–H groups in total. The number of hydrogen-bond donors (Lipinski definition) is 3. The number of nitrogens with zero attached hydrogens (tertiary/aromatic N) is 4. The van der Waals surface area contributed by atoms with E-state index in [2.05, 4.69) is 46.0 Å². The van der Waals surface area contributed by atoms with Crippen molar-refractivity contribution in [2.24, 2.45) is 17.6 Å². The number of amides is 1. The van der Waals surface area contributed by atoms with Crippen molar-refractivity contribution < 1.29 is 42.5 Å². The van der Waals surface area contributed by atoms with Crippen LogP contribution in [-0.2, 0) is 28.7 Å². The normalized spacial score (nSPS) is 12.5. The first-order chi connectivity index (χ1) is 35.4. The lowest BCUT2D eigenvalue weighted by molar-refractivity contribution is -0.142. The Kier molecular flexibility index (Phi) is 22.0. The predicted octanol–water partition coefficient (Wildman–Crippen LogP) is 9.88. The lowest BCUT2D eigenvalue weighted by Gasteiger charge is -2.25. The van der Waals surface area contributed by atoms with Crippen LogP contribution in [0.4, 0.5) is 8.78 Å². The van der Waals surface area contributed by atoms with Crippen LogP contribution in [0.1, 0.15) is 122 Å². The number of carbonyl (C=O) groups excluding carboxylic acids is 3. The molecular formula is C58H70F2N6O9. The summed E-state index contributed by atoms with van der Waals surface area (Å²) in [6.45, 7) is 18.7. The number of carboxylic acids is 1. The zero-order chi connectivity index (χ0) is 55.8. The summed E-state index contributed by atoms with van der Waals surface area (Å²) >= 11 is 0. The third kappa shape index (κ3) is 16.7. The summed E-state index contributed by atoms with van der Waals surface area (Å²) < 4.78 is 39.4. The summed E-state index contributed by atoms with van der Waals surface area (Å²) in [6, 6.07) is 15.2. The zero-order valence-electron chi connectivity index (χ0n) is 44.9. The fraction of sp³-hybridized carbons (Fsp3) is 0.379. The first kappa shape index (κ1) is 59.9. The maximum absolute atomic E-state index is 14.4. The fourth-order valence-electron chi connectivity index (χ4n) is 8.57. The van der Waals surface area contributed by atoms with Crippen molar-refractivity contribution in [3.05, 3.63) is 175 Å². The van der Waals surface area contributed by atoms with E-state index in [1.807, 2.05) is 84.1 Å². The van der Waals surface area contributed by atoms with Crippen molar-refractivity contribution >= 4 is 23.8 Å². The highest BCUT2D eigenvalue weighted by Crippen LogP contribution is 2.31. The second-order valence-electron chi connectivity index (χ2n) is 19.5.